The zero-order valence-electron chi connectivity index (χ0n) is 14.4. The van der Waals surface area contributed by atoms with Gasteiger partial charge in [-0.2, -0.15) is 4.98 Å². The fourth-order valence-corrected chi connectivity index (χ4v) is 3.27. The molecule has 0 aliphatic rings. The molecule has 1 aromatic heterocycles. The second-order valence-electron chi connectivity index (χ2n) is 6.01. The number of hydrogen-bond acceptors (Lipinski definition) is 4. The molecule has 0 fully saturated rings. The first kappa shape index (κ1) is 18.7. The summed E-state index contributed by atoms with van der Waals surface area (Å²) in [5.41, 5.74) is 1.49. The quantitative estimate of drug-likeness (QED) is 0.357. The molecule has 26 heavy (non-hydrogen) atoms. The summed E-state index contributed by atoms with van der Waals surface area (Å²) >= 11 is 7.38. The van der Waals surface area contributed by atoms with Crippen molar-refractivity contribution in [3.63, 3.8) is 0 Å². The highest BCUT2D eigenvalue weighted by molar-refractivity contribution is 7.98. The van der Waals surface area contributed by atoms with Crippen LogP contribution in [0.2, 0.25) is 5.02 Å². The number of aromatic nitrogens is 2. The van der Waals surface area contributed by atoms with Crippen LogP contribution in [-0.4, -0.2) is 9.97 Å². The van der Waals surface area contributed by atoms with E-state index in [1.54, 1.807) is 24.3 Å². The summed E-state index contributed by atoms with van der Waals surface area (Å²) in [7, 11) is 0. The van der Waals surface area contributed by atoms with Crippen molar-refractivity contribution in [2.45, 2.75) is 30.7 Å². The van der Waals surface area contributed by atoms with Crippen molar-refractivity contribution in [3.05, 3.63) is 76.7 Å². The third-order valence-corrected chi connectivity index (χ3v) is 4.76. The number of rotatable bonds is 6. The summed E-state index contributed by atoms with van der Waals surface area (Å²) in [6.07, 6.45) is 0. The summed E-state index contributed by atoms with van der Waals surface area (Å²) in [5.74, 6) is 1.49. The van der Waals surface area contributed by atoms with Gasteiger partial charge in [0.25, 0.3) is 0 Å². The van der Waals surface area contributed by atoms with Gasteiger partial charge in [-0.05, 0) is 35.7 Å². The average Bonchev–Trinajstić information content (AvgIpc) is 2.61. The Morgan fingerprint density at radius 1 is 1.08 bits per heavy atom. The van der Waals surface area contributed by atoms with Crippen LogP contribution in [0.3, 0.4) is 0 Å². The van der Waals surface area contributed by atoms with Crippen molar-refractivity contribution < 1.29 is 9.13 Å². The van der Waals surface area contributed by atoms with Crippen molar-refractivity contribution in [1.29, 1.82) is 0 Å². The Balaban J connectivity index is 1.83. The molecule has 134 valence electrons. The van der Waals surface area contributed by atoms with Crippen LogP contribution >= 0.6 is 23.4 Å². The number of halogens is 2. The molecule has 0 unspecified atom stereocenters. The van der Waals surface area contributed by atoms with Crippen LogP contribution in [0.25, 0.3) is 0 Å². The smallest absolute Gasteiger partial charge is 0.223 e. The lowest BCUT2D eigenvalue weighted by atomic mass is 10.1. The number of hydrogen-bond donors (Lipinski definition) is 0. The maximum atomic E-state index is 13.8. The predicted molar refractivity (Wildman–Crippen MR) is 104 cm³/mol. The molecule has 0 aliphatic carbocycles. The fourth-order valence-electron chi connectivity index (χ4n) is 2.24. The molecule has 3 nitrogen and oxygen atoms in total. The minimum absolute atomic E-state index is 0.215. The van der Waals surface area contributed by atoms with E-state index in [0.717, 1.165) is 5.69 Å². The number of nitrogens with zero attached hydrogens (tertiary/aromatic N) is 2. The Hall–Kier alpha value is -2.11. The zero-order valence-corrected chi connectivity index (χ0v) is 16.0. The van der Waals surface area contributed by atoms with Crippen LogP contribution in [0.5, 0.6) is 11.6 Å². The molecule has 0 saturated heterocycles. The minimum atomic E-state index is -0.226. The molecule has 3 aromatic rings. The van der Waals surface area contributed by atoms with Crippen LogP contribution in [0.1, 0.15) is 31.0 Å². The van der Waals surface area contributed by atoms with Gasteiger partial charge in [0.15, 0.2) is 5.16 Å². The largest absolute Gasteiger partial charge is 0.439 e. The maximum Gasteiger partial charge on any atom is 0.223 e. The predicted octanol–water partition coefficient (Wildman–Crippen LogP) is 6.48. The lowest BCUT2D eigenvalue weighted by molar-refractivity contribution is 0.453. The highest BCUT2D eigenvalue weighted by Crippen LogP contribution is 2.28. The van der Waals surface area contributed by atoms with E-state index in [2.05, 4.69) is 23.8 Å². The summed E-state index contributed by atoms with van der Waals surface area (Å²) in [4.78, 5) is 9.01. The van der Waals surface area contributed by atoms with Crippen molar-refractivity contribution in [2.24, 2.45) is 0 Å². The highest BCUT2D eigenvalue weighted by Gasteiger charge is 2.11. The third kappa shape index (κ3) is 4.96. The molecule has 0 atom stereocenters. The normalized spacial score (nSPS) is 11.0. The first-order chi connectivity index (χ1) is 12.5. The van der Waals surface area contributed by atoms with Crippen molar-refractivity contribution >= 4 is 23.4 Å². The van der Waals surface area contributed by atoms with Crippen LogP contribution in [-0.2, 0) is 5.75 Å². The number of ether oxygens (including phenoxy) is 1. The van der Waals surface area contributed by atoms with Gasteiger partial charge in [0.05, 0.1) is 5.69 Å². The molecule has 0 N–H and O–H groups in total. The Morgan fingerprint density at radius 3 is 2.62 bits per heavy atom. The molecule has 0 spiro atoms. The maximum absolute atomic E-state index is 13.8. The van der Waals surface area contributed by atoms with Crippen LogP contribution in [0, 0.1) is 5.82 Å². The van der Waals surface area contributed by atoms with E-state index in [1.807, 2.05) is 24.3 Å². The molecular formula is C20H18ClFN2OS. The van der Waals surface area contributed by atoms with Crippen molar-refractivity contribution in [1.82, 2.24) is 9.97 Å². The topological polar surface area (TPSA) is 35.0 Å². The lowest BCUT2D eigenvalue weighted by Crippen LogP contribution is -2.00. The van der Waals surface area contributed by atoms with E-state index in [1.165, 1.54) is 17.8 Å². The molecule has 0 amide bonds. The van der Waals surface area contributed by atoms with Gasteiger partial charge in [-0.1, -0.05) is 61.5 Å². The zero-order chi connectivity index (χ0) is 18.5. The second kappa shape index (κ2) is 8.52. The van der Waals surface area contributed by atoms with Gasteiger partial charge >= 0.3 is 0 Å². The first-order valence-electron chi connectivity index (χ1n) is 8.20. The third-order valence-electron chi connectivity index (χ3n) is 3.63. The lowest BCUT2D eigenvalue weighted by Gasteiger charge is -2.11. The molecule has 0 saturated carbocycles. The standard InChI is InChI=1S/C20H18ClFN2OS/c1-13(2)18-11-19(25-16-8-5-7-15(21)10-16)24-20(23-18)26-12-14-6-3-4-9-17(14)22/h3-11,13H,12H2,1-2H3. The van der Waals surface area contributed by atoms with Gasteiger partial charge in [-0.15, -0.1) is 0 Å². The van der Waals surface area contributed by atoms with Crippen molar-refractivity contribution in [3.8, 4) is 11.6 Å². The second-order valence-corrected chi connectivity index (χ2v) is 7.39. The Labute approximate surface area is 161 Å². The van der Waals surface area contributed by atoms with Gasteiger partial charge in [0, 0.05) is 16.8 Å². The van der Waals surface area contributed by atoms with E-state index in [0.29, 0.717) is 33.1 Å². The van der Waals surface area contributed by atoms with Crippen LogP contribution < -0.4 is 4.74 Å². The van der Waals surface area contributed by atoms with Gasteiger partial charge in [0.1, 0.15) is 11.6 Å². The highest BCUT2D eigenvalue weighted by atomic mass is 35.5. The SMILES string of the molecule is CC(C)c1cc(Oc2cccc(Cl)c2)nc(SCc2ccccc2F)n1. The first-order valence-corrected chi connectivity index (χ1v) is 9.56. The van der Waals surface area contributed by atoms with Gasteiger partial charge in [-0.25, -0.2) is 9.37 Å². The van der Waals surface area contributed by atoms with Crippen LogP contribution in [0.4, 0.5) is 4.39 Å². The molecule has 3 rings (SSSR count). The fraction of sp³-hybridized carbons (Fsp3) is 0.200. The Bertz CT molecular complexity index is 904. The number of benzene rings is 2. The minimum Gasteiger partial charge on any atom is -0.439 e. The van der Waals surface area contributed by atoms with Gasteiger partial charge < -0.3 is 4.74 Å². The van der Waals surface area contributed by atoms with E-state index >= 15 is 0 Å². The van der Waals surface area contributed by atoms with Crippen molar-refractivity contribution in [2.75, 3.05) is 0 Å². The monoisotopic (exact) mass is 388 g/mol. The van der Waals surface area contributed by atoms with E-state index in [4.69, 9.17) is 16.3 Å². The molecule has 1 heterocycles. The van der Waals surface area contributed by atoms with E-state index in [9.17, 15) is 4.39 Å². The Kier molecular flexibility index (Phi) is 6.12. The molecule has 2 aromatic carbocycles. The molecule has 0 bridgehead atoms. The molecule has 0 radical (unpaired) electrons. The van der Waals surface area contributed by atoms with E-state index in [-0.39, 0.29) is 11.7 Å². The molecule has 0 aliphatic heterocycles. The van der Waals surface area contributed by atoms with Gasteiger partial charge in [0.2, 0.25) is 5.88 Å². The summed E-state index contributed by atoms with van der Waals surface area (Å²) < 4.78 is 19.7. The molecule has 6 heteroatoms. The summed E-state index contributed by atoms with van der Waals surface area (Å²) in [6.45, 7) is 4.10. The summed E-state index contributed by atoms with van der Waals surface area (Å²) in [5, 5.41) is 1.14. The van der Waals surface area contributed by atoms with Crippen LogP contribution in [0.15, 0.2) is 59.8 Å². The average molecular weight is 389 g/mol. The van der Waals surface area contributed by atoms with E-state index < -0.39 is 0 Å². The molecular weight excluding hydrogens is 371 g/mol. The Morgan fingerprint density at radius 2 is 1.88 bits per heavy atom. The summed E-state index contributed by atoms with van der Waals surface area (Å²) in [6, 6.07) is 15.7. The number of thioether (sulfide) groups is 1. The van der Waals surface area contributed by atoms with Gasteiger partial charge in [-0.3, -0.25) is 0 Å².